The molecule has 3 aliphatic rings. The SMILES string of the molecule is O=C(COC[C@@H]1CC[C@@H]2[C@@H](CCN2Cc2ccco2)O1)N1CCCC1. The highest BCUT2D eigenvalue weighted by Gasteiger charge is 2.40. The molecule has 3 fully saturated rings. The van der Waals surface area contributed by atoms with E-state index in [2.05, 4.69) is 4.90 Å². The Labute approximate surface area is 149 Å². The normalized spacial score (nSPS) is 29.9. The van der Waals surface area contributed by atoms with Crippen molar-refractivity contribution < 1.29 is 18.7 Å². The van der Waals surface area contributed by atoms with Gasteiger partial charge in [0, 0.05) is 25.7 Å². The fourth-order valence-electron chi connectivity index (χ4n) is 4.34. The molecule has 0 radical (unpaired) electrons. The summed E-state index contributed by atoms with van der Waals surface area (Å²) in [5, 5.41) is 0. The van der Waals surface area contributed by atoms with Crippen molar-refractivity contribution >= 4 is 5.91 Å². The molecule has 4 heterocycles. The van der Waals surface area contributed by atoms with E-state index < -0.39 is 0 Å². The molecule has 0 aliphatic carbocycles. The van der Waals surface area contributed by atoms with Crippen molar-refractivity contribution in [2.75, 3.05) is 32.8 Å². The van der Waals surface area contributed by atoms with Gasteiger partial charge in [-0.05, 0) is 44.2 Å². The molecule has 0 aromatic carbocycles. The van der Waals surface area contributed by atoms with E-state index in [9.17, 15) is 4.79 Å². The van der Waals surface area contributed by atoms with Crippen LogP contribution >= 0.6 is 0 Å². The van der Waals surface area contributed by atoms with Gasteiger partial charge in [0.25, 0.3) is 0 Å². The zero-order valence-electron chi connectivity index (χ0n) is 14.8. The molecule has 0 N–H and O–H groups in total. The van der Waals surface area contributed by atoms with Crippen molar-refractivity contribution in [1.82, 2.24) is 9.80 Å². The molecular formula is C19H28N2O4. The largest absolute Gasteiger partial charge is 0.468 e. The van der Waals surface area contributed by atoms with Crippen molar-refractivity contribution in [3.8, 4) is 0 Å². The minimum atomic E-state index is 0.121. The first kappa shape index (κ1) is 17.1. The second-order valence-electron chi connectivity index (χ2n) is 7.38. The van der Waals surface area contributed by atoms with Gasteiger partial charge >= 0.3 is 0 Å². The Morgan fingerprint density at radius 2 is 2.08 bits per heavy atom. The lowest BCUT2D eigenvalue weighted by molar-refractivity contribution is -0.139. The Morgan fingerprint density at radius 1 is 1.20 bits per heavy atom. The summed E-state index contributed by atoms with van der Waals surface area (Å²) in [6, 6.07) is 4.45. The van der Waals surface area contributed by atoms with Gasteiger partial charge < -0.3 is 18.8 Å². The quantitative estimate of drug-likeness (QED) is 0.787. The highest BCUT2D eigenvalue weighted by molar-refractivity contribution is 5.77. The van der Waals surface area contributed by atoms with E-state index in [0.29, 0.717) is 12.6 Å². The molecule has 0 unspecified atom stereocenters. The first-order chi connectivity index (χ1) is 12.3. The van der Waals surface area contributed by atoms with E-state index in [1.54, 1.807) is 6.26 Å². The Morgan fingerprint density at radius 3 is 2.88 bits per heavy atom. The van der Waals surface area contributed by atoms with Crippen LogP contribution in [0.3, 0.4) is 0 Å². The number of fused-ring (bicyclic) bond motifs is 1. The number of ether oxygens (including phenoxy) is 2. The standard InChI is InChI=1S/C19H28N2O4/c22-19(20-8-1-2-9-20)14-23-13-16-5-6-17-18(25-16)7-10-21(17)12-15-4-3-11-24-15/h3-4,11,16-18H,1-2,5-10,12-14H2/t16-,17+,18+/m0/s1. The Bertz CT molecular complexity index is 556. The molecule has 3 aliphatic heterocycles. The maximum atomic E-state index is 12.0. The average molecular weight is 348 g/mol. The molecule has 0 bridgehead atoms. The van der Waals surface area contributed by atoms with Gasteiger partial charge in [-0.2, -0.15) is 0 Å². The summed E-state index contributed by atoms with van der Waals surface area (Å²) in [7, 11) is 0. The van der Waals surface area contributed by atoms with E-state index in [4.69, 9.17) is 13.9 Å². The zero-order chi connectivity index (χ0) is 17.1. The van der Waals surface area contributed by atoms with Gasteiger partial charge in [0.2, 0.25) is 5.91 Å². The molecule has 4 rings (SSSR count). The number of furan rings is 1. The smallest absolute Gasteiger partial charge is 0.248 e. The second-order valence-corrected chi connectivity index (χ2v) is 7.38. The van der Waals surface area contributed by atoms with Gasteiger partial charge in [-0.3, -0.25) is 9.69 Å². The molecule has 25 heavy (non-hydrogen) atoms. The highest BCUT2D eigenvalue weighted by Crippen LogP contribution is 2.32. The Kier molecular flexibility index (Phi) is 5.39. The van der Waals surface area contributed by atoms with Crippen molar-refractivity contribution in [1.29, 1.82) is 0 Å². The van der Waals surface area contributed by atoms with Gasteiger partial charge in [0.15, 0.2) is 0 Å². The van der Waals surface area contributed by atoms with E-state index >= 15 is 0 Å². The summed E-state index contributed by atoms with van der Waals surface area (Å²) in [5.41, 5.74) is 0. The molecule has 0 spiro atoms. The van der Waals surface area contributed by atoms with E-state index in [1.807, 2.05) is 17.0 Å². The lowest BCUT2D eigenvalue weighted by Crippen LogP contribution is -2.43. The van der Waals surface area contributed by atoms with Crippen LogP contribution in [0.25, 0.3) is 0 Å². The molecule has 0 saturated carbocycles. The van der Waals surface area contributed by atoms with Crippen LogP contribution in [-0.4, -0.2) is 66.8 Å². The van der Waals surface area contributed by atoms with Gasteiger partial charge in [0.05, 0.1) is 31.6 Å². The van der Waals surface area contributed by atoms with E-state index in [0.717, 1.165) is 64.0 Å². The number of rotatable bonds is 6. The summed E-state index contributed by atoms with van der Waals surface area (Å²) in [6.45, 7) is 4.41. The van der Waals surface area contributed by atoms with Gasteiger partial charge in [-0.15, -0.1) is 0 Å². The molecule has 1 aromatic heterocycles. The van der Waals surface area contributed by atoms with Crippen LogP contribution in [0.15, 0.2) is 22.8 Å². The zero-order valence-corrected chi connectivity index (χ0v) is 14.8. The fourth-order valence-corrected chi connectivity index (χ4v) is 4.34. The third-order valence-electron chi connectivity index (χ3n) is 5.68. The Hall–Kier alpha value is -1.37. The fraction of sp³-hybridized carbons (Fsp3) is 0.737. The summed E-state index contributed by atoms with van der Waals surface area (Å²) in [5.74, 6) is 1.14. The average Bonchev–Trinajstić information content (AvgIpc) is 3.37. The number of carbonyl (C=O) groups is 1. The van der Waals surface area contributed by atoms with Gasteiger partial charge in [-0.1, -0.05) is 0 Å². The molecule has 1 aromatic rings. The first-order valence-electron chi connectivity index (χ1n) is 9.57. The summed E-state index contributed by atoms with van der Waals surface area (Å²) >= 11 is 0. The number of hydrogen-bond acceptors (Lipinski definition) is 5. The molecule has 3 atom stereocenters. The van der Waals surface area contributed by atoms with Crippen molar-refractivity contribution in [3.05, 3.63) is 24.2 Å². The van der Waals surface area contributed by atoms with Crippen LogP contribution in [0.1, 0.15) is 37.9 Å². The van der Waals surface area contributed by atoms with Crippen LogP contribution < -0.4 is 0 Å². The monoisotopic (exact) mass is 348 g/mol. The maximum absolute atomic E-state index is 12.0. The molecule has 6 nitrogen and oxygen atoms in total. The number of amides is 1. The maximum Gasteiger partial charge on any atom is 0.248 e. The van der Waals surface area contributed by atoms with Gasteiger partial charge in [0.1, 0.15) is 12.4 Å². The van der Waals surface area contributed by atoms with Crippen LogP contribution in [-0.2, 0) is 20.8 Å². The summed E-state index contributed by atoms with van der Waals surface area (Å²) in [6.07, 6.45) is 7.56. The molecule has 1 amide bonds. The summed E-state index contributed by atoms with van der Waals surface area (Å²) < 4.78 is 17.4. The lowest BCUT2D eigenvalue weighted by atomic mass is 9.99. The first-order valence-corrected chi connectivity index (χ1v) is 9.57. The minimum Gasteiger partial charge on any atom is -0.468 e. The lowest BCUT2D eigenvalue weighted by Gasteiger charge is -2.35. The van der Waals surface area contributed by atoms with Crippen LogP contribution in [0.2, 0.25) is 0 Å². The predicted molar refractivity (Wildman–Crippen MR) is 92.1 cm³/mol. The van der Waals surface area contributed by atoms with Crippen molar-refractivity contribution in [2.45, 2.75) is 56.9 Å². The molecule has 138 valence electrons. The van der Waals surface area contributed by atoms with Crippen LogP contribution in [0.5, 0.6) is 0 Å². The number of likely N-dealkylation sites (tertiary alicyclic amines) is 2. The summed E-state index contributed by atoms with van der Waals surface area (Å²) in [4.78, 5) is 16.4. The highest BCUT2D eigenvalue weighted by atomic mass is 16.5. The predicted octanol–water partition coefficient (Wildman–Crippen LogP) is 2.04. The van der Waals surface area contributed by atoms with Crippen molar-refractivity contribution in [2.24, 2.45) is 0 Å². The van der Waals surface area contributed by atoms with Crippen molar-refractivity contribution in [3.63, 3.8) is 0 Å². The number of nitrogens with zero attached hydrogens (tertiary/aromatic N) is 2. The third-order valence-corrected chi connectivity index (χ3v) is 5.68. The topological polar surface area (TPSA) is 55.1 Å². The van der Waals surface area contributed by atoms with Crippen LogP contribution in [0.4, 0.5) is 0 Å². The van der Waals surface area contributed by atoms with E-state index in [-0.39, 0.29) is 24.7 Å². The van der Waals surface area contributed by atoms with Gasteiger partial charge in [-0.25, -0.2) is 0 Å². The van der Waals surface area contributed by atoms with Crippen LogP contribution in [0, 0.1) is 0 Å². The molecule has 6 heteroatoms. The molecule has 3 saturated heterocycles. The number of carbonyl (C=O) groups excluding carboxylic acids is 1. The molecular weight excluding hydrogens is 320 g/mol. The minimum absolute atomic E-state index is 0.121. The number of hydrogen-bond donors (Lipinski definition) is 0. The van der Waals surface area contributed by atoms with E-state index in [1.165, 1.54) is 0 Å². The third kappa shape index (κ3) is 4.07. The second kappa shape index (κ2) is 7.89. The Balaban J connectivity index is 1.19.